The number of rotatable bonds is 2. The van der Waals surface area contributed by atoms with Crippen LogP contribution >= 0.6 is 0 Å². The quantitative estimate of drug-likeness (QED) is 0.623. The van der Waals surface area contributed by atoms with E-state index in [9.17, 15) is 4.79 Å². The second-order valence-electron chi connectivity index (χ2n) is 2.54. The Kier molecular flexibility index (Phi) is 2.91. The Morgan fingerprint density at radius 2 is 2.50 bits per heavy atom. The lowest BCUT2D eigenvalue weighted by atomic mass is 10.1. The van der Waals surface area contributed by atoms with Gasteiger partial charge in [-0.05, 0) is 19.9 Å². The second-order valence-corrected chi connectivity index (χ2v) is 2.54. The maximum absolute atomic E-state index is 11.2. The van der Waals surface area contributed by atoms with E-state index >= 15 is 0 Å². The van der Waals surface area contributed by atoms with Gasteiger partial charge in [0.2, 0.25) is 0 Å². The molecule has 1 heterocycles. The number of nitrogens with one attached hydrogen (secondary N) is 1. The van der Waals surface area contributed by atoms with Gasteiger partial charge in [-0.25, -0.2) is 4.79 Å². The van der Waals surface area contributed by atoms with Crippen LogP contribution in [0.4, 0.5) is 0 Å². The van der Waals surface area contributed by atoms with E-state index in [0.29, 0.717) is 12.2 Å². The summed E-state index contributed by atoms with van der Waals surface area (Å²) >= 11 is 0. The summed E-state index contributed by atoms with van der Waals surface area (Å²) in [5.41, 5.74) is 1.51. The third kappa shape index (κ3) is 1.87. The van der Waals surface area contributed by atoms with E-state index < -0.39 is 0 Å². The molecule has 0 radical (unpaired) electrons. The van der Waals surface area contributed by atoms with Crippen molar-refractivity contribution in [2.24, 2.45) is 0 Å². The normalized spacial score (nSPS) is 15.8. The maximum Gasteiger partial charge on any atom is 0.339 e. The third-order valence-corrected chi connectivity index (χ3v) is 1.67. The summed E-state index contributed by atoms with van der Waals surface area (Å²) in [6.45, 7) is 4.88. The standard InChI is InChI=1S/C9H13NO2/c1-3-12-9(11)8-5-4-6-10-7(8)2/h4-5,10H,3,6H2,1-2H3. The summed E-state index contributed by atoms with van der Waals surface area (Å²) in [6.07, 6.45) is 3.70. The Morgan fingerprint density at radius 1 is 1.75 bits per heavy atom. The van der Waals surface area contributed by atoms with Crippen LogP contribution in [0.25, 0.3) is 0 Å². The number of dihydropyridines is 1. The lowest BCUT2D eigenvalue weighted by Crippen LogP contribution is -2.20. The van der Waals surface area contributed by atoms with Crippen molar-refractivity contribution in [1.82, 2.24) is 5.32 Å². The SMILES string of the molecule is CCOC(=O)C1=C(C)NCC=C1. The van der Waals surface area contributed by atoms with Gasteiger partial charge in [-0.15, -0.1) is 0 Å². The van der Waals surface area contributed by atoms with Crippen molar-refractivity contribution in [3.63, 3.8) is 0 Å². The van der Waals surface area contributed by atoms with Gasteiger partial charge in [0.05, 0.1) is 12.2 Å². The summed E-state index contributed by atoms with van der Waals surface area (Å²) in [4.78, 5) is 11.2. The number of carbonyl (C=O) groups excluding carboxylic acids is 1. The van der Waals surface area contributed by atoms with Crippen molar-refractivity contribution in [2.75, 3.05) is 13.2 Å². The van der Waals surface area contributed by atoms with E-state index in [2.05, 4.69) is 5.32 Å². The molecule has 0 saturated carbocycles. The van der Waals surface area contributed by atoms with E-state index in [-0.39, 0.29) is 5.97 Å². The highest BCUT2D eigenvalue weighted by Crippen LogP contribution is 2.08. The fourth-order valence-corrected chi connectivity index (χ4v) is 1.04. The first kappa shape index (κ1) is 8.84. The summed E-state index contributed by atoms with van der Waals surface area (Å²) in [7, 11) is 0. The number of esters is 1. The Balaban J connectivity index is 2.72. The van der Waals surface area contributed by atoms with Crippen LogP contribution in [0.3, 0.4) is 0 Å². The monoisotopic (exact) mass is 167 g/mol. The largest absolute Gasteiger partial charge is 0.462 e. The van der Waals surface area contributed by atoms with E-state index in [1.165, 1.54) is 0 Å². The Hall–Kier alpha value is -1.25. The van der Waals surface area contributed by atoms with Gasteiger partial charge < -0.3 is 10.1 Å². The molecule has 0 aromatic rings. The molecular weight excluding hydrogens is 154 g/mol. The molecule has 0 bridgehead atoms. The molecule has 66 valence electrons. The second kappa shape index (κ2) is 3.95. The zero-order valence-electron chi connectivity index (χ0n) is 7.39. The van der Waals surface area contributed by atoms with Gasteiger partial charge in [0.15, 0.2) is 0 Å². The molecule has 3 nitrogen and oxygen atoms in total. The average Bonchev–Trinajstić information content (AvgIpc) is 2.05. The predicted octanol–water partition coefficient (Wildman–Crippen LogP) is 0.983. The molecule has 0 aliphatic carbocycles. The number of hydrogen-bond donors (Lipinski definition) is 1. The number of allylic oxidation sites excluding steroid dienone is 1. The van der Waals surface area contributed by atoms with Crippen molar-refractivity contribution in [3.8, 4) is 0 Å². The maximum atomic E-state index is 11.2. The highest BCUT2D eigenvalue weighted by atomic mass is 16.5. The van der Waals surface area contributed by atoms with Crippen LogP contribution in [-0.4, -0.2) is 19.1 Å². The first-order valence-electron chi connectivity index (χ1n) is 4.04. The van der Waals surface area contributed by atoms with Gasteiger partial charge >= 0.3 is 5.97 Å². The van der Waals surface area contributed by atoms with Crippen molar-refractivity contribution in [3.05, 3.63) is 23.4 Å². The minimum Gasteiger partial charge on any atom is -0.462 e. The van der Waals surface area contributed by atoms with Crippen LogP contribution in [-0.2, 0) is 9.53 Å². The van der Waals surface area contributed by atoms with Gasteiger partial charge in [0, 0.05) is 12.2 Å². The fraction of sp³-hybridized carbons (Fsp3) is 0.444. The molecule has 0 unspecified atom stereocenters. The van der Waals surface area contributed by atoms with Crippen molar-refractivity contribution in [1.29, 1.82) is 0 Å². The van der Waals surface area contributed by atoms with E-state index in [0.717, 1.165) is 12.2 Å². The third-order valence-electron chi connectivity index (χ3n) is 1.67. The minimum absolute atomic E-state index is 0.251. The molecule has 0 aromatic carbocycles. The molecule has 1 aliphatic heterocycles. The number of carbonyl (C=O) groups is 1. The first-order chi connectivity index (χ1) is 5.75. The molecule has 0 aromatic heterocycles. The molecule has 0 saturated heterocycles. The highest BCUT2D eigenvalue weighted by Gasteiger charge is 2.12. The molecule has 3 heteroatoms. The van der Waals surface area contributed by atoms with Gasteiger partial charge in [0.25, 0.3) is 0 Å². The van der Waals surface area contributed by atoms with Crippen molar-refractivity contribution in [2.45, 2.75) is 13.8 Å². The summed E-state index contributed by atoms with van der Waals surface area (Å²) in [5, 5.41) is 3.06. The van der Waals surface area contributed by atoms with E-state index in [1.54, 1.807) is 13.0 Å². The zero-order chi connectivity index (χ0) is 8.97. The predicted molar refractivity (Wildman–Crippen MR) is 46.5 cm³/mol. The zero-order valence-corrected chi connectivity index (χ0v) is 7.39. The highest BCUT2D eigenvalue weighted by molar-refractivity contribution is 5.92. The molecule has 0 fully saturated rings. The van der Waals surface area contributed by atoms with Gasteiger partial charge in [-0.3, -0.25) is 0 Å². The Morgan fingerprint density at radius 3 is 3.08 bits per heavy atom. The van der Waals surface area contributed by atoms with Crippen LogP contribution in [0.15, 0.2) is 23.4 Å². The summed E-state index contributed by atoms with van der Waals surface area (Å²) in [6, 6.07) is 0. The van der Waals surface area contributed by atoms with Gasteiger partial charge in [-0.2, -0.15) is 0 Å². The Bertz CT molecular complexity index is 241. The van der Waals surface area contributed by atoms with Crippen molar-refractivity contribution >= 4 is 5.97 Å². The van der Waals surface area contributed by atoms with Gasteiger partial charge in [-0.1, -0.05) is 6.08 Å². The Labute approximate surface area is 72.1 Å². The van der Waals surface area contributed by atoms with Crippen LogP contribution < -0.4 is 5.32 Å². The van der Waals surface area contributed by atoms with Crippen LogP contribution in [0.2, 0.25) is 0 Å². The van der Waals surface area contributed by atoms with Crippen LogP contribution in [0, 0.1) is 0 Å². The molecule has 12 heavy (non-hydrogen) atoms. The molecule has 1 N–H and O–H groups in total. The topological polar surface area (TPSA) is 38.3 Å². The lowest BCUT2D eigenvalue weighted by Gasteiger charge is -2.12. The molecular formula is C9H13NO2. The van der Waals surface area contributed by atoms with E-state index in [4.69, 9.17) is 4.74 Å². The van der Waals surface area contributed by atoms with E-state index in [1.807, 2.05) is 13.0 Å². The fourth-order valence-electron chi connectivity index (χ4n) is 1.04. The lowest BCUT2D eigenvalue weighted by molar-refractivity contribution is -0.138. The van der Waals surface area contributed by atoms with Crippen molar-refractivity contribution < 1.29 is 9.53 Å². The van der Waals surface area contributed by atoms with Crippen LogP contribution in [0.5, 0.6) is 0 Å². The number of ether oxygens (including phenoxy) is 1. The van der Waals surface area contributed by atoms with Gasteiger partial charge in [0.1, 0.15) is 0 Å². The first-order valence-corrected chi connectivity index (χ1v) is 4.04. The molecule has 0 spiro atoms. The molecule has 1 rings (SSSR count). The number of hydrogen-bond acceptors (Lipinski definition) is 3. The smallest absolute Gasteiger partial charge is 0.339 e. The molecule has 1 aliphatic rings. The molecule has 0 atom stereocenters. The molecule has 0 amide bonds. The minimum atomic E-state index is -0.251. The average molecular weight is 167 g/mol. The summed E-state index contributed by atoms with van der Waals surface area (Å²) < 4.78 is 4.86. The summed E-state index contributed by atoms with van der Waals surface area (Å²) in [5.74, 6) is -0.251. The van der Waals surface area contributed by atoms with Crippen LogP contribution in [0.1, 0.15) is 13.8 Å².